The maximum Gasteiger partial charge on any atom is 0.217 e. The SMILES string of the molecule is COc1cc(OC)c2nc(N3CC4C(/C=C/c5c(-c6cccnc6C)noc5C5CC5)C4C3)ccc2n1. The van der Waals surface area contributed by atoms with E-state index in [0.29, 0.717) is 35.3 Å². The molecule has 0 bridgehead atoms. The van der Waals surface area contributed by atoms with Crippen molar-refractivity contribution in [2.24, 2.45) is 17.8 Å². The summed E-state index contributed by atoms with van der Waals surface area (Å²) in [7, 11) is 3.25. The molecule has 0 spiro atoms. The third-order valence-corrected chi connectivity index (χ3v) is 8.04. The summed E-state index contributed by atoms with van der Waals surface area (Å²) < 4.78 is 16.7. The maximum atomic E-state index is 5.85. The Morgan fingerprint density at radius 3 is 2.62 bits per heavy atom. The zero-order valence-electron chi connectivity index (χ0n) is 21.2. The van der Waals surface area contributed by atoms with Gasteiger partial charge in [0.1, 0.15) is 22.8 Å². The second kappa shape index (κ2) is 8.57. The van der Waals surface area contributed by atoms with Crippen LogP contribution in [0, 0.1) is 24.7 Å². The van der Waals surface area contributed by atoms with Gasteiger partial charge in [-0.3, -0.25) is 4.98 Å². The van der Waals surface area contributed by atoms with Gasteiger partial charge in [0.2, 0.25) is 5.88 Å². The number of piperidine rings is 1. The average molecular weight is 496 g/mol. The summed E-state index contributed by atoms with van der Waals surface area (Å²) in [5.41, 5.74) is 5.59. The molecule has 2 atom stereocenters. The molecule has 4 aromatic rings. The first kappa shape index (κ1) is 22.3. The van der Waals surface area contributed by atoms with Crippen LogP contribution in [0.4, 0.5) is 5.82 Å². The van der Waals surface area contributed by atoms with Crippen LogP contribution < -0.4 is 14.4 Å². The Kier molecular flexibility index (Phi) is 5.16. The topological polar surface area (TPSA) is 86.4 Å². The van der Waals surface area contributed by atoms with Gasteiger partial charge in [0, 0.05) is 48.1 Å². The molecular weight excluding hydrogens is 466 g/mol. The van der Waals surface area contributed by atoms with Crippen LogP contribution in [0.25, 0.3) is 28.4 Å². The first-order valence-electron chi connectivity index (χ1n) is 12.9. The zero-order chi connectivity index (χ0) is 25.1. The van der Waals surface area contributed by atoms with Crippen molar-refractivity contribution in [2.75, 3.05) is 32.2 Å². The van der Waals surface area contributed by atoms with E-state index < -0.39 is 0 Å². The number of aryl methyl sites for hydroxylation is 1. The molecule has 1 saturated heterocycles. The summed E-state index contributed by atoms with van der Waals surface area (Å²) in [6.07, 6.45) is 8.82. The number of hydrogen-bond acceptors (Lipinski definition) is 8. The minimum atomic E-state index is 0.498. The fourth-order valence-electron chi connectivity index (χ4n) is 5.77. The fraction of sp³-hybridized carbons (Fsp3) is 0.379. The minimum absolute atomic E-state index is 0.498. The Balaban J connectivity index is 1.10. The van der Waals surface area contributed by atoms with Crippen molar-refractivity contribution in [3.05, 3.63) is 59.6 Å². The number of hydrogen-bond donors (Lipinski definition) is 0. The zero-order valence-corrected chi connectivity index (χ0v) is 21.2. The molecule has 0 aromatic carbocycles. The lowest BCUT2D eigenvalue weighted by atomic mass is 10.0. The highest BCUT2D eigenvalue weighted by Gasteiger charge is 2.54. The molecule has 0 amide bonds. The van der Waals surface area contributed by atoms with E-state index in [-0.39, 0.29) is 0 Å². The third kappa shape index (κ3) is 3.82. The van der Waals surface area contributed by atoms with Gasteiger partial charge in [0.15, 0.2) is 5.75 Å². The van der Waals surface area contributed by atoms with Crippen LogP contribution >= 0.6 is 0 Å². The summed E-state index contributed by atoms with van der Waals surface area (Å²) in [6.45, 7) is 4.02. The molecule has 5 heterocycles. The number of ether oxygens (including phenoxy) is 2. The lowest BCUT2D eigenvalue weighted by molar-refractivity contribution is 0.386. The Hall–Kier alpha value is -3.94. The summed E-state index contributed by atoms with van der Waals surface area (Å²) >= 11 is 0. The number of fused-ring (bicyclic) bond motifs is 2. The molecule has 188 valence electrons. The molecule has 3 aliphatic rings. The van der Waals surface area contributed by atoms with Crippen molar-refractivity contribution in [1.29, 1.82) is 0 Å². The van der Waals surface area contributed by atoms with Gasteiger partial charge in [-0.1, -0.05) is 17.3 Å². The molecule has 2 aliphatic carbocycles. The summed E-state index contributed by atoms with van der Waals surface area (Å²) in [6, 6.07) is 9.87. The van der Waals surface area contributed by atoms with Gasteiger partial charge in [0.05, 0.1) is 19.7 Å². The molecule has 0 N–H and O–H groups in total. The minimum Gasteiger partial charge on any atom is -0.494 e. The molecule has 8 nitrogen and oxygen atoms in total. The Bertz CT molecular complexity index is 1510. The molecule has 3 fully saturated rings. The van der Waals surface area contributed by atoms with E-state index in [4.69, 9.17) is 19.0 Å². The Labute approximate surface area is 215 Å². The number of rotatable bonds is 7. The molecule has 4 aromatic heterocycles. The number of pyridine rings is 3. The highest BCUT2D eigenvalue weighted by molar-refractivity contribution is 5.83. The third-order valence-electron chi connectivity index (χ3n) is 8.04. The van der Waals surface area contributed by atoms with E-state index in [1.807, 2.05) is 31.3 Å². The van der Waals surface area contributed by atoms with Crippen LogP contribution in [0.15, 0.2) is 47.1 Å². The summed E-state index contributed by atoms with van der Waals surface area (Å²) in [4.78, 5) is 16.2. The number of allylic oxidation sites excluding steroid dienone is 1. The first-order valence-corrected chi connectivity index (χ1v) is 12.9. The van der Waals surface area contributed by atoms with Crippen LogP contribution in [-0.4, -0.2) is 47.4 Å². The quantitative estimate of drug-likeness (QED) is 0.342. The lowest BCUT2D eigenvalue weighted by Crippen LogP contribution is -2.24. The van der Waals surface area contributed by atoms with E-state index in [0.717, 1.165) is 58.2 Å². The van der Waals surface area contributed by atoms with Crippen molar-refractivity contribution >= 4 is 22.9 Å². The normalized spacial score (nSPS) is 22.6. The highest BCUT2D eigenvalue weighted by Crippen LogP contribution is 2.54. The molecule has 0 radical (unpaired) electrons. The summed E-state index contributed by atoms with van der Waals surface area (Å²) in [5, 5.41) is 4.47. The van der Waals surface area contributed by atoms with Gasteiger partial charge in [-0.05, 0) is 61.8 Å². The largest absolute Gasteiger partial charge is 0.494 e. The molecule has 1 aliphatic heterocycles. The molecule has 2 saturated carbocycles. The highest BCUT2D eigenvalue weighted by atomic mass is 16.5. The van der Waals surface area contributed by atoms with Gasteiger partial charge in [-0.15, -0.1) is 0 Å². The number of anilines is 1. The molecule has 7 rings (SSSR count). The first-order chi connectivity index (χ1) is 18.1. The van der Waals surface area contributed by atoms with Crippen LogP contribution in [0.1, 0.15) is 35.8 Å². The number of aromatic nitrogens is 4. The second-order valence-electron chi connectivity index (χ2n) is 10.3. The predicted octanol–water partition coefficient (Wildman–Crippen LogP) is 5.28. The van der Waals surface area contributed by atoms with Gasteiger partial charge in [-0.25, -0.2) is 9.97 Å². The van der Waals surface area contributed by atoms with E-state index >= 15 is 0 Å². The van der Waals surface area contributed by atoms with Gasteiger partial charge < -0.3 is 18.9 Å². The van der Waals surface area contributed by atoms with Crippen molar-refractivity contribution < 1.29 is 14.0 Å². The monoisotopic (exact) mass is 495 g/mol. The molecule has 8 heteroatoms. The van der Waals surface area contributed by atoms with Crippen LogP contribution in [0.5, 0.6) is 11.6 Å². The van der Waals surface area contributed by atoms with Gasteiger partial charge in [-0.2, -0.15) is 0 Å². The maximum absolute atomic E-state index is 5.85. The fourth-order valence-corrected chi connectivity index (χ4v) is 5.77. The molecule has 37 heavy (non-hydrogen) atoms. The van der Waals surface area contributed by atoms with Gasteiger partial charge >= 0.3 is 0 Å². The van der Waals surface area contributed by atoms with E-state index in [1.165, 1.54) is 12.8 Å². The Morgan fingerprint density at radius 1 is 1.05 bits per heavy atom. The van der Waals surface area contributed by atoms with Crippen LogP contribution in [-0.2, 0) is 0 Å². The van der Waals surface area contributed by atoms with E-state index in [1.54, 1.807) is 20.3 Å². The molecular formula is C29H29N5O3. The standard InChI is InChI=1S/C29H29N5O3/c1-16-18(5-4-12-30-16)27-20(29(37-33-27)17-6-7-17)9-8-19-21-14-34(15-22(19)21)25-11-10-23-28(32-25)24(35-2)13-26(31-23)36-3/h4-5,8-13,17,19,21-22H,6-7,14-15H2,1-3H3/b9-8+. The van der Waals surface area contributed by atoms with Crippen molar-refractivity contribution in [3.63, 3.8) is 0 Å². The summed E-state index contributed by atoms with van der Waals surface area (Å²) in [5.74, 6) is 5.54. The van der Waals surface area contributed by atoms with E-state index in [9.17, 15) is 0 Å². The van der Waals surface area contributed by atoms with Crippen LogP contribution in [0.3, 0.4) is 0 Å². The second-order valence-corrected chi connectivity index (χ2v) is 10.3. The number of methoxy groups -OCH3 is 2. The molecule has 2 unspecified atom stereocenters. The van der Waals surface area contributed by atoms with Crippen molar-refractivity contribution in [1.82, 2.24) is 20.1 Å². The average Bonchev–Trinajstić information content (AvgIpc) is 3.79. The van der Waals surface area contributed by atoms with Gasteiger partial charge in [0.25, 0.3) is 0 Å². The Morgan fingerprint density at radius 2 is 1.89 bits per heavy atom. The lowest BCUT2D eigenvalue weighted by Gasteiger charge is -2.21. The van der Waals surface area contributed by atoms with Crippen molar-refractivity contribution in [2.45, 2.75) is 25.7 Å². The van der Waals surface area contributed by atoms with Crippen LogP contribution in [0.2, 0.25) is 0 Å². The predicted molar refractivity (Wildman–Crippen MR) is 141 cm³/mol. The number of nitrogens with zero attached hydrogens (tertiary/aromatic N) is 5. The smallest absolute Gasteiger partial charge is 0.217 e. The van der Waals surface area contributed by atoms with E-state index in [2.05, 4.69) is 38.2 Å². The van der Waals surface area contributed by atoms with Crippen molar-refractivity contribution in [3.8, 4) is 22.9 Å².